The summed E-state index contributed by atoms with van der Waals surface area (Å²) in [5.41, 5.74) is -0.843. The molecule has 5 atom stereocenters. The minimum Gasteiger partial charge on any atom is -0.497 e. The highest BCUT2D eigenvalue weighted by atomic mass is 16.5. The van der Waals surface area contributed by atoms with Gasteiger partial charge in [-0.15, -0.1) is 13.2 Å². The van der Waals surface area contributed by atoms with Gasteiger partial charge in [-0.2, -0.15) is 0 Å². The van der Waals surface area contributed by atoms with Crippen molar-refractivity contribution in [1.29, 1.82) is 0 Å². The van der Waals surface area contributed by atoms with Crippen LogP contribution in [0.5, 0.6) is 11.5 Å². The fraction of sp³-hybridized carbons (Fsp3) is 0.472. The van der Waals surface area contributed by atoms with Gasteiger partial charge >= 0.3 is 0 Å². The molecular formula is C36H45N3O7. The molecule has 0 saturated carbocycles. The molecular weight excluding hydrogens is 586 g/mol. The van der Waals surface area contributed by atoms with E-state index in [-0.39, 0.29) is 44.0 Å². The van der Waals surface area contributed by atoms with E-state index >= 15 is 0 Å². The number of methoxy groups -OCH3 is 1. The van der Waals surface area contributed by atoms with Crippen LogP contribution in [0.2, 0.25) is 0 Å². The third-order valence-electron chi connectivity index (χ3n) is 9.58. The van der Waals surface area contributed by atoms with Gasteiger partial charge in [0.15, 0.2) is 0 Å². The standard InChI is InChI=1S/C36H45N3O7/c1-6-21-37(25-13-17-28(18-14-25)45-8-3)32(41)29-30-33(42)39(23-9-10-24-40)31(36(30)20-19-35(29,4)46-36)34(43)38(22-7-2)26-11-15-27(44-5)16-12-26/h6-7,11-18,29-31,40H,1-2,8-10,19-24H2,3-5H3/t29-,30+,31?,35+,36?/m1/s1. The van der Waals surface area contributed by atoms with Crippen molar-refractivity contribution in [1.82, 2.24) is 4.90 Å². The molecule has 2 aromatic carbocycles. The van der Waals surface area contributed by atoms with Gasteiger partial charge in [0.25, 0.3) is 5.91 Å². The average Bonchev–Trinajstić information content (AvgIpc) is 3.63. The van der Waals surface area contributed by atoms with Crippen molar-refractivity contribution in [3.63, 3.8) is 0 Å². The maximum atomic E-state index is 14.7. The number of unbranched alkanes of at least 4 members (excludes halogenated alkanes) is 1. The van der Waals surface area contributed by atoms with Gasteiger partial charge in [-0.1, -0.05) is 12.2 Å². The van der Waals surface area contributed by atoms with Crippen molar-refractivity contribution in [3.05, 3.63) is 73.8 Å². The van der Waals surface area contributed by atoms with E-state index in [9.17, 15) is 19.5 Å². The predicted molar refractivity (Wildman–Crippen MR) is 176 cm³/mol. The largest absolute Gasteiger partial charge is 0.497 e. The van der Waals surface area contributed by atoms with Crippen LogP contribution in [-0.2, 0) is 19.1 Å². The van der Waals surface area contributed by atoms with Crippen LogP contribution in [-0.4, -0.2) is 84.9 Å². The van der Waals surface area contributed by atoms with Crippen LogP contribution in [0.4, 0.5) is 11.4 Å². The Morgan fingerprint density at radius 3 is 2.11 bits per heavy atom. The molecule has 246 valence electrons. The van der Waals surface area contributed by atoms with E-state index in [1.54, 1.807) is 58.2 Å². The second kappa shape index (κ2) is 13.7. The lowest BCUT2D eigenvalue weighted by Gasteiger charge is -2.37. The molecule has 0 aromatic heterocycles. The van der Waals surface area contributed by atoms with Gasteiger partial charge in [-0.25, -0.2) is 0 Å². The summed E-state index contributed by atoms with van der Waals surface area (Å²) >= 11 is 0. The number of ether oxygens (including phenoxy) is 3. The molecule has 1 N–H and O–H groups in total. The zero-order chi connectivity index (χ0) is 33.1. The van der Waals surface area contributed by atoms with Gasteiger partial charge in [0.05, 0.1) is 31.2 Å². The molecule has 0 radical (unpaired) electrons. The van der Waals surface area contributed by atoms with Gasteiger partial charge < -0.3 is 34.0 Å². The fourth-order valence-corrected chi connectivity index (χ4v) is 7.59. The average molecular weight is 632 g/mol. The summed E-state index contributed by atoms with van der Waals surface area (Å²) in [6.07, 6.45) is 5.27. The number of nitrogens with zero attached hydrogens (tertiary/aromatic N) is 3. The maximum Gasteiger partial charge on any atom is 0.253 e. The number of hydrogen-bond donors (Lipinski definition) is 1. The molecule has 1 spiro atoms. The molecule has 3 amide bonds. The zero-order valence-electron chi connectivity index (χ0n) is 27.0. The number of aliphatic hydroxyl groups is 1. The van der Waals surface area contributed by atoms with E-state index < -0.39 is 29.1 Å². The first-order valence-corrected chi connectivity index (χ1v) is 16.0. The number of carbonyl (C=O) groups is 3. The zero-order valence-corrected chi connectivity index (χ0v) is 27.0. The minimum atomic E-state index is -1.19. The summed E-state index contributed by atoms with van der Waals surface area (Å²) in [5, 5.41) is 9.52. The molecule has 3 fully saturated rings. The van der Waals surface area contributed by atoms with Crippen LogP contribution < -0.4 is 19.3 Å². The van der Waals surface area contributed by atoms with Crippen LogP contribution in [0.1, 0.15) is 39.5 Å². The van der Waals surface area contributed by atoms with Gasteiger partial charge in [0, 0.05) is 37.6 Å². The van der Waals surface area contributed by atoms with E-state index in [0.29, 0.717) is 55.2 Å². The topological polar surface area (TPSA) is 109 Å². The highest BCUT2D eigenvalue weighted by molar-refractivity contribution is 6.06. The number of fused-ring (bicyclic) bond motifs is 1. The third kappa shape index (κ3) is 5.69. The molecule has 10 nitrogen and oxygen atoms in total. The Kier molecular flexibility index (Phi) is 9.88. The van der Waals surface area contributed by atoms with Crippen molar-refractivity contribution in [2.45, 2.75) is 56.8 Å². The molecule has 3 saturated heterocycles. The van der Waals surface area contributed by atoms with Crippen molar-refractivity contribution in [2.75, 3.05) is 49.8 Å². The van der Waals surface area contributed by atoms with E-state index in [2.05, 4.69) is 13.2 Å². The van der Waals surface area contributed by atoms with E-state index in [4.69, 9.17) is 14.2 Å². The van der Waals surface area contributed by atoms with Crippen molar-refractivity contribution in [2.24, 2.45) is 11.8 Å². The smallest absolute Gasteiger partial charge is 0.253 e. The summed E-state index contributed by atoms with van der Waals surface area (Å²) < 4.78 is 17.8. The van der Waals surface area contributed by atoms with Crippen LogP contribution in [0.25, 0.3) is 0 Å². The van der Waals surface area contributed by atoms with Crippen LogP contribution in [0.3, 0.4) is 0 Å². The third-order valence-corrected chi connectivity index (χ3v) is 9.58. The summed E-state index contributed by atoms with van der Waals surface area (Å²) in [7, 11) is 1.58. The number of anilines is 2. The minimum absolute atomic E-state index is 0.0298. The Hall–Kier alpha value is -4.15. The van der Waals surface area contributed by atoms with Gasteiger partial charge in [-0.3, -0.25) is 14.4 Å². The molecule has 2 bridgehead atoms. The Morgan fingerprint density at radius 1 is 0.978 bits per heavy atom. The van der Waals surface area contributed by atoms with Crippen LogP contribution in [0.15, 0.2) is 73.8 Å². The lowest BCUT2D eigenvalue weighted by molar-refractivity contribution is -0.144. The molecule has 46 heavy (non-hydrogen) atoms. The quantitative estimate of drug-likeness (QED) is 0.230. The van der Waals surface area contributed by atoms with E-state index in [0.717, 1.165) is 0 Å². The monoisotopic (exact) mass is 631 g/mol. The van der Waals surface area contributed by atoms with Crippen molar-refractivity contribution < 1.29 is 33.7 Å². The molecule has 3 aliphatic heterocycles. The SMILES string of the molecule is C=CCN(C(=O)C1N(CCCCO)C(=O)[C@@H]2[C@H](C(=O)N(CC=C)c3ccc(OCC)cc3)[C@]3(C)CCC12O3)c1ccc(OC)cc1. The van der Waals surface area contributed by atoms with Crippen LogP contribution in [0, 0.1) is 11.8 Å². The predicted octanol–water partition coefficient (Wildman–Crippen LogP) is 4.37. The summed E-state index contributed by atoms with van der Waals surface area (Å²) in [6.45, 7) is 12.8. The second-order valence-corrected chi connectivity index (χ2v) is 12.3. The lowest BCUT2D eigenvalue weighted by atomic mass is 9.66. The first-order chi connectivity index (χ1) is 22.2. The number of aliphatic hydroxyl groups excluding tert-OH is 1. The maximum absolute atomic E-state index is 14.7. The molecule has 3 heterocycles. The van der Waals surface area contributed by atoms with E-state index in [1.807, 2.05) is 38.1 Å². The normalized spacial score (nSPS) is 26.0. The summed E-state index contributed by atoms with van der Waals surface area (Å²) in [6, 6.07) is 13.5. The molecule has 3 aliphatic rings. The molecule has 2 unspecified atom stereocenters. The van der Waals surface area contributed by atoms with Crippen molar-refractivity contribution >= 4 is 29.1 Å². The highest BCUT2D eigenvalue weighted by Crippen LogP contribution is 2.63. The second-order valence-electron chi connectivity index (χ2n) is 12.3. The van der Waals surface area contributed by atoms with Gasteiger partial charge in [0.1, 0.15) is 23.1 Å². The first-order valence-electron chi connectivity index (χ1n) is 16.0. The lowest BCUT2D eigenvalue weighted by Crippen LogP contribution is -2.56. The molecule has 0 aliphatic carbocycles. The molecule has 5 rings (SSSR count). The Bertz CT molecular complexity index is 1440. The molecule has 2 aromatic rings. The fourth-order valence-electron chi connectivity index (χ4n) is 7.59. The molecule has 10 heteroatoms. The highest BCUT2D eigenvalue weighted by Gasteiger charge is 2.78. The Labute approximate surface area is 271 Å². The number of hydrogen-bond acceptors (Lipinski definition) is 7. The van der Waals surface area contributed by atoms with Gasteiger partial charge in [-0.05, 0) is 88.1 Å². The van der Waals surface area contributed by atoms with Crippen LogP contribution >= 0.6 is 0 Å². The van der Waals surface area contributed by atoms with Crippen molar-refractivity contribution in [3.8, 4) is 11.5 Å². The first kappa shape index (κ1) is 33.2. The Morgan fingerprint density at radius 2 is 1.57 bits per heavy atom. The summed E-state index contributed by atoms with van der Waals surface area (Å²) in [5.74, 6) is -1.12. The number of likely N-dealkylation sites (tertiary alicyclic amines) is 1. The van der Waals surface area contributed by atoms with E-state index in [1.165, 1.54) is 0 Å². The number of rotatable bonds is 15. The Balaban J connectivity index is 1.55. The number of benzene rings is 2. The van der Waals surface area contributed by atoms with Gasteiger partial charge in [0.2, 0.25) is 11.8 Å². The number of amides is 3. The number of carbonyl (C=O) groups excluding carboxylic acids is 3. The summed E-state index contributed by atoms with van der Waals surface area (Å²) in [4.78, 5) is 48.7.